The van der Waals surface area contributed by atoms with Crippen molar-refractivity contribution >= 4 is 5.96 Å². The minimum atomic E-state index is 0.123. The Morgan fingerprint density at radius 3 is 2.59 bits per heavy atom. The second kappa shape index (κ2) is 11.1. The molecule has 0 saturated carbocycles. The normalized spacial score (nSPS) is 16.2. The molecule has 1 saturated heterocycles. The van der Waals surface area contributed by atoms with E-state index >= 15 is 0 Å². The average Bonchev–Trinajstić information content (AvgIpc) is 2.71. The topological polar surface area (TPSA) is 58.1 Å². The van der Waals surface area contributed by atoms with E-state index in [0.717, 1.165) is 23.8 Å². The van der Waals surface area contributed by atoms with Gasteiger partial charge in [-0.25, -0.2) is 0 Å². The number of rotatable bonds is 9. The van der Waals surface area contributed by atoms with Crippen molar-refractivity contribution in [2.75, 3.05) is 46.9 Å². The molecule has 1 heterocycles. The van der Waals surface area contributed by atoms with Crippen LogP contribution in [0.25, 0.3) is 0 Å². The van der Waals surface area contributed by atoms with Gasteiger partial charge in [0.2, 0.25) is 0 Å². The van der Waals surface area contributed by atoms with E-state index in [2.05, 4.69) is 34.4 Å². The largest absolute Gasteiger partial charge is 0.496 e. The van der Waals surface area contributed by atoms with E-state index in [-0.39, 0.29) is 5.54 Å². The maximum atomic E-state index is 5.76. The summed E-state index contributed by atoms with van der Waals surface area (Å²) in [6, 6.07) is 7.93. The summed E-state index contributed by atoms with van der Waals surface area (Å²) in [5.74, 6) is 1.68. The Morgan fingerprint density at radius 1 is 1.15 bits per heavy atom. The van der Waals surface area contributed by atoms with E-state index in [4.69, 9.17) is 9.47 Å². The SMILES string of the molecule is CN=C(NCCOCc1ccccc1OC)NCC(C)(C)N1CCCCC1. The summed E-state index contributed by atoms with van der Waals surface area (Å²) in [6.07, 6.45) is 3.97. The second-order valence-corrected chi connectivity index (χ2v) is 7.58. The number of hydrogen-bond donors (Lipinski definition) is 2. The number of nitrogens with one attached hydrogen (secondary N) is 2. The lowest BCUT2D eigenvalue weighted by Crippen LogP contribution is -2.55. The quantitative estimate of drug-likeness (QED) is 0.394. The van der Waals surface area contributed by atoms with Crippen molar-refractivity contribution in [3.05, 3.63) is 29.8 Å². The molecule has 1 aliphatic heterocycles. The van der Waals surface area contributed by atoms with Gasteiger partial charge in [-0.15, -0.1) is 0 Å². The van der Waals surface area contributed by atoms with Gasteiger partial charge in [-0.3, -0.25) is 9.89 Å². The molecular formula is C21H36N4O2. The molecule has 152 valence electrons. The Labute approximate surface area is 164 Å². The van der Waals surface area contributed by atoms with Gasteiger partial charge in [-0.2, -0.15) is 0 Å². The number of aliphatic imine (C=N–C) groups is 1. The molecule has 1 aromatic rings. The van der Waals surface area contributed by atoms with E-state index in [0.29, 0.717) is 19.8 Å². The van der Waals surface area contributed by atoms with Crippen LogP contribution in [0.15, 0.2) is 29.3 Å². The number of likely N-dealkylation sites (tertiary alicyclic amines) is 1. The van der Waals surface area contributed by atoms with Crippen LogP contribution in [0.2, 0.25) is 0 Å². The van der Waals surface area contributed by atoms with Gasteiger partial charge in [-0.05, 0) is 45.8 Å². The standard InChI is InChI=1S/C21H36N4O2/c1-21(2,25-13-8-5-9-14-25)17-24-20(22-3)23-12-15-27-16-18-10-6-7-11-19(18)26-4/h6-7,10-11H,5,8-9,12-17H2,1-4H3,(H2,22,23,24). The molecule has 0 bridgehead atoms. The van der Waals surface area contributed by atoms with E-state index in [1.165, 1.54) is 32.4 Å². The zero-order valence-corrected chi connectivity index (χ0v) is 17.4. The van der Waals surface area contributed by atoms with E-state index in [9.17, 15) is 0 Å². The molecule has 27 heavy (non-hydrogen) atoms. The first-order valence-corrected chi connectivity index (χ1v) is 9.96. The lowest BCUT2D eigenvalue weighted by Gasteiger charge is -2.41. The number of ether oxygens (including phenoxy) is 2. The van der Waals surface area contributed by atoms with Gasteiger partial charge in [0, 0.05) is 31.2 Å². The monoisotopic (exact) mass is 376 g/mol. The highest BCUT2D eigenvalue weighted by atomic mass is 16.5. The average molecular weight is 377 g/mol. The third-order valence-corrected chi connectivity index (χ3v) is 5.11. The first-order chi connectivity index (χ1) is 13.1. The molecule has 6 nitrogen and oxygen atoms in total. The van der Waals surface area contributed by atoms with Gasteiger partial charge in [0.05, 0.1) is 20.3 Å². The third-order valence-electron chi connectivity index (χ3n) is 5.11. The summed E-state index contributed by atoms with van der Waals surface area (Å²) in [4.78, 5) is 6.90. The van der Waals surface area contributed by atoms with Crippen molar-refractivity contribution in [1.29, 1.82) is 0 Å². The van der Waals surface area contributed by atoms with E-state index in [1.807, 2.05) is 24.3 Å². The van der Waals surface area contributed by atoms with Gasteiger partial charge in [0.15, 0.2) is 5.96 Å². The molecule has 2 N–H and O–H groups in total. The van der Waals surface area contributed by atoms with Crippen molar-refractivity contribution in [2.24, 2.45) is 4.99 Å². The Hall–Kier alpha value is -1.79. The van der Waals surface area contributed by atoms with Gasteiger partial charge >= 0.3 is 0 Å². The molecule has 0 amide bonds. The van der Waals surface area contributed by atoms with Crippen LogP contribution < -0.4 is 15.4 Å². The maximum Gasteiger partial charge on any atom is 0.191 e. The fraction of sp³-hybridized carbons (Fsp3) is 0.667. The number of piperidine rings is 1. The molecule has 0 unspecified atom stereocenters. The first-order valence-electron chi connectivity index (χ1n) is 9.96. The van der Waals surface area contributed by atoms with Gasteiger partial charge < -0.3 is 20.1 Å². The molecule has 0 aliphatic carbocycles. The third kappa shape index (κ3) is 7.03. The van der Waals surface area contributed by atoms with Crippen molar-refractivity contribution in [3.8, 4) is 5.75 Å². The number of guanidine groups is 1. The summed E-state index contributed by atoms with van der Waals surface area (Å²) in [5, 5.41) is 6.78. The van der Waals surface area contributed by atoms with Crippen LogP contribution in [0.1, 0.15) is 38.7 Å². The second-order valence-electron chi connectivity index (χ2n) is 7.58. The fourth-order valence-electron chi connectivity index (χ4n) is 3.38. The van der Waals surface area contributed by atoms with E-state index < -0.39 is 0 Å². The summed E-state index contributed by atoms with van der Waals surface area (Å²) < 4.78 is 11.1. The summed E-state index contributed by atoms with van der Waals surface area (Å²) in [6.45, 7) is 9.71. The molecule has 0 atom stereocenters. The smallest absolute Gasteiger partial charge is 0.191 e. The van der Waals surface area contributed by atoms with Crippen molar-refractivity contribution in [2.45, 2.75) is 45.3 Å². The highest BCUT2D eigenvalue weighted by molar-refractivity contribution is 5.79. The Morgan fingerprint density at radius 2 is 1.89 bits per heavy atom. The van der Waals surface area contributed by atoms with E-state index in [1.54, 1.807) is 14.2 Å². The summed E-state index contributed by atoms with van der Waals surface area (Å²) >= 11 is 0. The van der Waals surface area contributed by atoms with Crippen molar-refractivity contribution < 1.29 is 9.47 Å². The van der Waals surface area contributed by atoms with Crippen LogP contribution in [0, 0.1) is 0 Å². The molecule has 1 aromatic carbocycles. The zero-order chi connectivity index (χ0) is 19.5. The van der Waals surface area contributed by atoms with Crippen LogP contribution in [0.4, 0.5) is 0 Å². The van der Waals surface area contributed by atoms with Crippen molar-refractivity contribution in [3.63, 3.8) is 0 Å². The number of para-hydroxylation sites is 1. The van der Waals surface area contributed by atoms with Gasteiger partial charge in [0.25, 0.3) is 0 Å². The Kier molecular flexibility index (Phi) is 8.88. The van der Waals surface area contributed by atoms with Crippen LogP contribution in [0.5, 0.6) is 5.75 Å². The lowest BCUT2D eigenvalue weighted by atomic mass is 9.98. The molecule has 0 radical (unpaired) electrons. The molecule has 0 aromatic heterocycles. The highest BCUT2D eigenvalue weighted by Gasteiger charge is 2.27. The minimum absolute atomic E-state index is 0.123. The molecule has 0 spiro atoms. The predicted molar refractivity (Wildman–Crippen MR) is 112 cm³/mol. The molecular weight excluding hydrogens is 340 g/mol. The molecule has 2 rings (SSSR count). The number of nitrogens with zero attached hydrogens (tertiary/aromatic N) is 2. The zero-order valence-electron chi connectivity index (χ0n) is 17.4. The summed E-state index contributed by atoms with van der Waals surface area (Å²) in [5.41, 5.74) is 1.18. The first kappa shape index (κ1) is 21.5. The molecule has 1 aliphatic rings. The van der Waals surface area contributed by atoms with Crippen LogP contribution in [-0.2, 0) is 11.3 Å². The number of methoxy groups -OCH3 is 1. The maximum absolute atomic E-state index is 5.76. The predicted octanol–water partition coefficient (Wildman–Crippen LogP) is 2.64. The summed E-state index contributed by atoms with van der Waals surface area (Å²) in [7, 11) is 3.49. The molecule has 6 heteroatoms. The Balaban J connectivity index is 1.66. The number of benzene rings is 1. The molecule has 1 fully saturated rings. The number of hydrogen-bond acceptors (Lipinski definition) is 4. The highest BCUT2D eigenvalue weighted by Crippen LogP contribution is 2.20. The van der Waals surface area contributed by atoms with Gasteiger partial charge in [-0.1, -0.05) is 24.6 Å². The Bertz CT molecular complexity index is 583. The van der Waals surface area contributed by atoms with Crippen LogP contribution >= 0.6 is 0 Å². The van der Waals surface area contributed by atoms with Crippen LogP contribution in [-0.4, -0.2) is 63.3 Å². The fourth-order valence-corrected chi connectivity index (χ4v) is 3.38. The van der Waals surface area contributed by atoms with Gasteiger partial charge in [0.1, 0.15) is 5.75 Å². The van der Waals surface area contributed by atoms with Crippen LogP contribution in [0.3, 0.4) is 0 Å². The van der Waals surface area contributed by atoms with Crippen molar-refractivity contribution in [1.82, 2.24) is 15.5 Å². The minimum Gasteiger partial charge on any atom is -0.496 e. The lowest BCUT2D eigenvalue weighted by molar-refractivity contribution is 0.0980.